The third-order valence-electron chi connectivity index (χ3n) is 7.85. The van der Waals surface area contributed by atoms with Crippen molar-refractivity contribution in [3.8, 4) is 22.5 Å². The molecule has 41 heavy (non-hydrogen) atoms. The van der Waals surface area contributed by atoms with Gasteiger partial charge in [0.15, 0.2) is 16.9 Å². The van der Waals surface area contributed by atoms with Gasteiger partial charge in [0.25, 0.3) is 5.56 Å². The first-order valence-corrected chi connectivity index (χ1v) is 13.6. The number of aromatic nitrogens is 5. The van der Waals surface area contributed by atoms with Gasteiger partial charge in [-0.2, -0.15) is 5.10 Å². The van der Waals surface area contributed by atoms with E-state index in [9.17, 15) is 9.90 Å². The first kappa shape index (κ1) is 25.2. The van der Waals surface area contributed by atoms with E-state index in [0.717, 1.165) is 36.3 Å². The van der Waals surface area contributed by atoms with Gasteiger partial charge in [0.1, 0.15) is 11.3 Å². The van der Waals surface area contributed by atoms with Gasteiger partial charge in [0.05, 0.1) is 28.6 Å². The summed E-state index contributed by atoms with van der Waals surface area (Å²) >= 11 is 0. The van der Waals surface area contributed by atoms with E-state index in [4.69, 9.17) is 15.2 Å². The molecule has 1 atom stereocenters. The Labute approximate surface area is 235 Å². The normalized spacial score (nSPS) is 15.8. The van der Waals surface area contributed by atoms with Crippen molar-refractivity contribution in [1.82, 2.24) is 29.4 Å². The summed E-state index contributed by atoms with van der Waals surface area (Å²) in [6.45, 7) is 6.04. The van der Waals surface area contributed by atoms with E-state index in [1.54, 1.807) is 15.3 Å². The van der Waals surface area contributed by atoms with Gasteiger partial charge >= 0.3 is 0 Å². The highest BCUT2D eigenvalue weighted by molar-refractivity contribution is 5.89. The number of anilines is 1. The smallest absolute Gasteiger partial charge is 0.284 e. The molecular formula is C31H29N7O3. The van der Waals surface area contributed by atoms with E-state index >= 15 is 0 Å². The third-order valence-corrected chi connectivity index (χ3v) is 7.85. The van der Waals surface area contributed by atoms with Crippen LogP contribution in [0.4, 0.5) is 5.82 Å². The van der Waals surface area contributed by atoms with Crippen molar-refractivity contribution in [3.05, 3.63) is 94.2 Å². The number of nitrogens with zero attached hydrogens (tertiary/aromatic N) is 6. The number of aliphatic hydroxyl groups is 1. The van der Waals surface area contributed by atoms with Gasteiger partial charge in [-0.3, -0.25) is 14.3 Å². The Morgan fingerprint density at radius 1 is 1.05 bits per heavy atom. The average molecular weight is 548 g/mol. The predicted molar refractivity (Wildman–Crippen MR) is 157 cm³/mol. The molecule has 7 rings (SSSR count). The van der Waals surface area contributed by atoms with Crippen molar-refractivity contribution in [2.75, 3.05) is 18.8 Å². The fourth-order valence-electron chi connectivity index (χ4n) is 5.80. The highest BCUT2D eigenvalue weighted by atomic mass is 16.5. The highest BCUT2D eigenvalue weighted by Gasteiger charge is 2.22. The summed E-state index contributed by atoms with van der Waals surface area (Å²) < 4.78 is 8.47. The van der Waals surface area contributed by atoms with Crippen molar-refractivity contribution in [1.29, 1.82) is 0 Å². The number of benzene rings is 3. The largest absolute Gasteiger partial charge is 0.392 e. The van der Waals surface area contributed by atoms with Gasteiger partial charge in [-0.25, -0.2) is 9.67 Å². The molecule has 3 N–H and O–H groups in total. The molecule has 4 heterocycles. The molecule has 1 fully saturated rings. The number of hydrogen-bond acceptors (Lipinski definition) is 8. The van der Waals surface area contributed by atoms with Crippen molar-refractivity contribution in [2.45, 2.75) is 32.9 Å². The Morgan fingerprint density at radius 3 is 2.61 bits per heavy atom. The molecule has 0 unspecified atom stereocenters. The molecule has 0 bridgehead atoms. The average Bonchev–Trinajstić information content (AvgIpc) is 3.66. The minimum Gasteiger partial charge on any atom is -0.392 e. The van der Waals surface area contributed by atoms with Crippen molar-refractivity contribution in [3.63, 3.8) is 0 Å². The van der Waals surface area contributed by atoms with Crippen LogP contribution in [0.1, 0.15) is 23.5 Å². The zero-order valence-electron chi connectivity index (χ0n) is 22.8. The summed E-state index contributed by atoms with van der Waals surface area (Å²) in [6.07, 6.45) is 0.558. The summed E-state index contributed by atoms with van der Waals surface area (Å²) in [4.78, 5) is 21.1. The SMILES string of the molecule is Cc1nn(-c2ccc3onc(N)c3c2)c2c(=O)n(-c3ccc(-c4ccccc4CN4CC[C@@H](O)C4)cc3)c(C)nc12. The second-order valence-electron chi connectivity index (χ2n) is 10.6. The number of aryl methyl sites for hydroxylation is 2. The van der Waals surface area contributed by atoms with Crippen molar-refractivity contribution in [2.24, 2.45) is 0 Å². The zero-order chi connectivity index (χ0) is 28.2. The fourth-order valence-corrected chi connectivity index (χ4v) is 5.80. The maximum absolute atomic E-state index is 14.0. The molecule has 206 valence electrons. The van der Waals surface area contributed by atoms with Crippen molar-refractivity contribution >= 4 is 27.8 Å². The first-order valence-electron chi connectivity index (χ1n) is 13.6. The van der Waals surface area contributed by atoms with Crippen LogP contribution in [0, 0.1) is 13.8 Å². The van der Waals surface area contributed by atoms with Crippen LogP contribution >= 0.6 is 0 Å². The quantitative estimate of drug-likeness (QED) is 0.330. The molecule has 1 saturated heterocycles. The number of fused-ring (bicyclic) bond motifs is 2. The van der Waals surface area contributed by atoms with Gasteiger partial charge in [-0.15, -0.1) is 0 Å². The summed E-state index contributed by atoms with van der Waals surface area (Å²) in [6, 6.07) is 21.7. The lowest BCUT2D eigenvalue weighted by Gasteiger charge is -2.18. The Hall–Kier alpha value is -4.80. The van der Waals surface area contributed by atoms with Crippen LogP contribution in [0.2, 0.25) is 0 Å². The summed E-state index contributed by atoms with van der Waals surface area (Å²) in [5, 5.41) is 19.1. The minimum absolute atomic E-state index is 0.216. The minimum atomic E-state index is -0.252. The van der Waals surface area contributed by atoms with E-state index in [2.05, 4.69) is 27.3 Å². The number of rotatable bonds is 5. The highest BCUT2D eigenvalue weighted by Crippen LogP contribution is 2.28. The molecular weight excluding hydrogens is 518 g/mol. The van der Waals surface area contributed by atoms with Crippen LogP contribution in [-0.4, -0.2) is 53.7 Å². The molecule has 10 nitrogen and oxygen atoms in total. The maximum Gasteiger partial charge on any atom is 0.284 e. The van der Waals surface area contributed by atoms with E-state index < -0.39 is 0 Å². The molecule has 6 aromatic rings. The lowest BCUT2D eigenvalue weighted by Crippen LogP contribution is -2.24. The predicted octanol–water partition coefficient (Wildman–Crippen LogP) is 4.15. The fraction of sp³-hybridized carbons (Fsp3) is 0.226. The van der Waals surface area contributed by atoms with E-state index in [0.29, 0.717) is 45.8 Å². The van der Waals surface area contributed by atoms with Crippen LogP contribution in [0.25, 0.3) is 44.5 Å². The third kappa shape index (κ3) is 4.28. The molecule has 1 aliphatic heterocycles. The van der Waals surface area contributed by atoms with E-state index in [1.807, 2.05) is 62.4 Å². The number of nitrogens with two attached hydrogens (primary N) is 1. The number of β-amino-alcohol motifs (C(OH)–C–C–N with tert-alkyl or cyclic N) is 1. The van der Waals surface area contributed by atoms with E-state index in [-0.39, 0.29) is 17.5 Å². The summed E-state index contributed by atoms with van der Waals surface area (Å²) in [5.74, 6) is 0.853. The topological polar surface area (TPSA) is 128 Å². The Balaban J connectivity index is 1.29. The summed E-state index contributed by atoms with van der Waals surface area (Å²) in [7, 11) is 0. The molecule has 0 amide bonds. The van der Waals surface area contributed by atoms with Crippen LogP contribution in [-0.2, 0) is 6.54 Å². The standard InChI is InChI=1S/C31H29N7O3/c1-18-28-29(38(34-18)23-11-12-27-26(15-23)30(32)35-41-27)31(40)37(19(2)33-28)22-9-7-20(8-10-22)25-6-4-3-5-21(25)16-36-14-13-24(39)17-36/h3-12,15,24,39H,13-14,16-17H2,1-2H3,(H2,32,35)/t24-/m1/s1. The van der Waals surface area contributed by atoms with Gasteiger partial charge in [-0.1, -0.05) is 41.6 Å². The summed E-state index contributed by atoms with van der Waals surface area (Å²) in [5.41, 5.74) is 12.7. The van der Waals surface area contributed by atoms with Crippen LogP contribution < -0.4 is 11.3 Å². The van der Waals surface area contributed by atoms with Crippen LogP contribution in [0.3, 0.4) is 0 Å². The number of hydrogen-bond donors (Lipinski definition) is 2. The maximum atomic E-state index is 14.0. The Bertz CT molecular complexity index is 1990. The number of likely N-dealkylation sites (tertiary alicyclic amines) is 1. The Morgan fingerprint density at radius 2 is 1.83 bits per heavy atom. The molecule has 3 aromatic carbocycles. The van der Waals surface area contributed by atoms with Gasteiger partial charge in [0, 0.05) is 19.6 Å². The van der Waals surface area contributed by atoms with Crippen LogP contribution in [0.15, 0.2) is 76.0 Å². The molecule has 3 aromatic heterocycles. The lowest BCUT2D eigenvalue weighted by molar-refractivity contribution is 0.175. The number of aliphatic hydroxyl groups excluding tert-OH is 1. The van der Waals surface area contributed by atoms with Gasteiger partial charge in [0.2, 0.25) is 0 Å². The van der Waals surface area contributed by atoms with Crippen LogP contribution in [0.5, 0.6) is 0 Å². The second kappa shape index (κ2) is 9.69. The van der Waals surface area contributed by atoms with Crippen molar-refractivity contribution < 1.29 is 9.63 Å². The zero-order valence-corrected chi connectivity index (χ0v) is 22.8. The van der Waals surface area contributed by atoms with Gasteiger partial charge in [-0.05, 0) is 67.3 Å². The molecule has 0 aliphatic carbocycles. The molecule has 10 heteroatoms. The van der Waals surface area contributed by atoms with Gasteiger partial charge < -0.3 is 15.4 Å². The molecule has 0 radical (unpaired) electrons. The van der Waals surface area contributed by atoms with E-state index in [1.165, 1.54) is 5.56 Å². The monoisotopic (exact) mass is 547 g/mol. The number of nitrogen functional groups attached to an aromatic ring is 1. The second-order valence-corrected chi connectivity index (χ2v) is 10.6. The lowest BCUT2D eigenvalue weighted by atomic mass is 9.99. The molecule has 0 saturated carbocycles. The Kier molecular flexibility index (Phi) is 5.95. The first-order chi connectivity index (χ1) is 19.9. The molecule has 1 aliphatic rings. The molecule has 0 spiro atoms.